The highest BCUT2D eigenvalue weighted by Crippen LogP contribution is 2.35. The van der Waals surface area contributed by atoms with Crippen molar-refractivity contribution in [2.75, 3.05) is 20.3 Å². The van der Waals surface area contributed by atoms with E-state index >= 15 is 0 Å². The van der Waals surface area contributed by atoms with Crippen LogP contribution in [0.15, 0.2) is 18.2 Å². The summed E-state index contributed by atoms with van der Waals surface area (Å²) in [6, 6.07) is 2.57. The summed E-state index contributed by atoms with van der Waals surface area (Å²) in [5.41, 5.74) is 5.72. The maximum absolute atomic E-state index is 13.4. The smallest absolute Gasteiger partial charge is 0.455 e. The first kappa shape index (κ1) is 17.6. The van der Waals surface area contributed by atoms with Crippen molar-refractivity contribution in [1.29, 1.82) is 0 Å². The number of halogens is 6. The number of hydrogen-bond acceptors (Lipinski definition) is 3. The molecule has 1 aromatic rings. The normalized spacial score (nSPS) is 14.1. The van der Waals surface area contributed by atoms with Crippen LogP contribution in [0.2, 0.25) is 0 Å². The van der Waals surface area contributed by atoms with Crippen LogP contribution in [-0.2, 0) is 4.74 Å². The molecule has 0 amide bonds. The van der Waals surface area contributed by atoms with E-state index in [9.17, 15) is 26.3 Å². The molecule has 0 spiro atoms. The van der Waals surface area contributed by atoms with Gasteiger partial charge >= 0.3 is 12.1 Å². The van der Waals surface area contributed by atoms with Crippen molar-refractivity contribution in [2.45, 2.75) is 18.1 Å². The van der Waals surface area contributed by atoms with E-state index in [0.29, 0.717) is 0 Å². The van der Waals surface area contributed by atoms with E-state index in [2.05, 4.69) is 9.47 Å². The highest BCUT2D eigenvalue weighted by molar-refractivity contribution is 5.30. The molecule has 0 heterocycles. The van der Waals surface area contributed by atoms with Crippen molar-refractivity contribution in [1.82, 2.24) is 0 Å². The Labute approximate surface area is 116 Å². The molecule has 1 rings (SSSR count). The number of alkyl halides is 5. The molecule has 0 saturated carbocycles. The summed E-state index contributed by atoms with van der Waals surface area (Å²) in [5, 5.41) is 0. The lowest BCUT2D eigenvalue weighted by molar-refractivity contribution is -0.297. The molecule has 1 atom stereocenters. The van der Waals surface area contributed by atoms with E-state index in [1.54, 1.807) is 0 Å². The fourth-order valence-electron chi connectivity index (χ4n) is 1.41. The van der Waals surface area contributed by atoms with Crippen molar-refractivity contribution in [3.8, 4) is 5.75 Å². The number of rotatable bonds is 6. The van der Waals surface area contributed by atoms with Gasteiger partial charge in [-0.25, -0.2) is 4.39 Å². The van der Waals surface area contributed by atoms with E-state index in [1.165, 1.54) is 19.2 Å². The third-order valence-electron chi connectivity index (χ3n) is 2.60. The van der Waals surface area contributed by atoms with Gasteiger partial charge in [0.05, 0.1) is 19.8 Å². The Morgan fingerprint density at radius 1 is 1.19 bits per heavy atom. The van der Waals surface area contributed by atoms with Gasteiger partial charge in [-0.05, 0) is 17.7 Å². The second kappa shape index (κ2) is 6.52. The summed E-state index contributed by atoms with van der Waals surface area (Å²) in [6.45, 7) is -2.46. The number of nitrogens with two attached hydrogens (primary N) is 1. The Morgan fingerprint density at radius 3 is 2.29 bits per heavy atom. The van der Waals surface area contributed by atoms with Crippen molar-refractivity contribution in [3.63, 3.8) is 0 Å². The van der Waals surface area contributed by atoms with Crippen LogP contribution in [-0.4, -0.2) is 32.4 Å². The zero-order valence-corrected chi connectivity index (χ0v) is 10.9. The van der Waals surface area contributed by atoms with Crippen LogP contribution < -0.4 is 10.5 Å². The Kier molecular flexibility index (Phi) is 5.46. The van der Waals surface area contributed by atoms with Crippen LogP contribution in [0.25, 0.3) is 0 Å². The zero-order valence-electron chi connectivity index (χ0n) is 10.9. The fourth-order valence-corrected chi connectivity index (χ4v) is 1.41. The minimum Gasteiger partial charge on any atom is -0.494 e. The van der Waals surface area contributed by atoms with Crippen molar-refractivity contribution < 1.29 is 35.8 Å². The molecule has 21 heavy (non-hydrogen) atoms. The van der Waals surface area contributed by atoms with Gasteiger partial charge in [0.25, 0.3) is 0 Å². The van der Waals surface area contributed by atoms with Crippen LogP contribution >= 0.6 is 0 Å². The molecule has 9 heteroatoms. The predicted molar refractivity (Wildman–Crippen MR) is 61.7 cm³/mol. The van der Waals surface area contributed by atoms with E-state index in [1.807, 2.05) is 0 Å². The van der Waals surface area contributed by atoms with Crippen LogP contribution in [0.5, 0.6) is 5.75 Å². The van der Waals surface area contributed by atoms with Crippen molar-refractivity contribution >= 4 is 0 Å². The predicted octanol–water partition coefficient (Wildman–Crippen LogP) is 3.05. The largest absolute Gasteiger partial charge is 0.494 e. The first-order valence-electron chi connectivity index (χ1n) is 5.70. The number of methoxy groups -OCH3 is 1. The summed E-state index contributed by atoms with van der Waals surface area (Å²) in [7, 11) is 1.25. The quantitative estimate of drug-likeness (QED) is 0.820. The average Bonchev–Trinajstić information content (AvgIpc) is 2.36. The fraction of sp³-hybridized carbons (Fsp3) is 0.500. The van der Waals surface area contributed by atoms with Gasteiger partial charge in [-0.3, -0.25) is 0 Å². The first-order valence-corrected chi connectivity index (χ1v) is 5.70. The molecule has 0 fully saturated rings. The first-order chi connectivity index (χ1) is 9.58. The van der Waals surface area contributed by atoms with E-state index in [0.717, 1.165) is 6.07 Å². The maximum atomic E-state index is 13.4. The van der Waals surface area contributed by atoms with Crippen molar-refractivity contribution in [3.05, 3.63) is 29.6 Å². The summed E-state index contributed by atoms with van der Waals surface area (Å²) in [6.07, 6.45) is -5.69. The molecule has 0 saturated heterocycles. The minimum atomic E-state index is -5.69. The maximum Gasteiger partial charge on any atom is 0.455 e. The van der Waals surface area contributed by atoms with Gasteiger partial charge in [0.2, 0.25) is 0 Å². The Hall–Kier alpha value is -1.48. The summed E-state index contributed by atoms with van der Waals surface area (Å²) in [4.78, 5) is 0. The molecule has 0 aliphatic heterocycles. The average molecular weight is 317 g/mol. The third kappa shape index (κ3) is 4.50. The second-order valence-electron chi connectivity index (χ2n) is 4.22. The number of benzene rings is 1. The van der Waals surface area contributed by atoms with Crippen LogP contribution in [0.1, 0.15) is 11.6 Å². The Bertz CT molecular complexity index is 477. The van der Waals surface area contributed by atoms with E-state index in [-0.39, 0.29) is 11.3 Å². The van der Waals surface area contributed by atoms with E-state index < -0.39 is 37.2 Å². The summed E-state index contributed by atoms with van der Waals surface area (Å²) in [5.74, 6) is -5.74. The molecule has 2 N–H and O–H groups in total. The lowest BCUT2D eigenvalue weighted by Crippen LogP contribution is -2.41. The molecule has 0 aliphatic carbocycles. The summed E-state index contributed by atoms with van der Waals surface area (Å²) >= 11 is 0. The molecule has 0 bridgehead atoms. The second-order valence-corrected chi connectivity index (χ2v) is 4.22. The van der Waals surface area contributed by atoms with Gasteiger partial charge in [-0.2, -0.15) is 22.0 Å². The Balaban J connectivity index is 2.59. The van der Waals surface area contributed by atoms with Gasteiger partial charge in [0.1, 0.15) is 6.61 Å². The number of hydrogen-bond donors (Lipinski definition) is 1. The number of ether oxygens (including phenoxy) is 2. The van der Waals surface area contributed by atoms with Gasteiger partial charge in [-0.1, -0.05) is 6.07 Å². The molecule has 3 nitrogen and oxygen atoms in total. The highest BCUT2D eigenvalue weighted by atomic mass is 19.4. The van der Waals surface area contributed by atoms with E-state index in [4.69, 9.17) is 5.73 Å². The monoisotopic (exact) mass is 317 g/mol. The lowest BCUT2D eigenvalue weighted by Gasteiger charge is -2.20. The van der Waals surface area contributed by atoms with Gasteiger partial charge in [0.15, 0.2) is 11.6 Å². The van der Waals surface area contributed by atoms with Gasteiger partial charge in [-0.15, -0.1) is 0 Å². The highest BCUT2D eigenvalue weighted by Gasteiger charge is 2.57. The molecule has 120 valence electrons. The Morgan fingerprint density at radius 2 is 1.81 bits per heavy atom. The van der Waals surface area contributed by atoms with Gasteiger partial charge < -0.3 is 15.2 Å². The molecular weight excluding hydrogens is 304 g/mol. The molecular formula is C12H13F6NO2. The van der Waals surface area contributed by atoms with Crippen molar-refractivity contribution in [2.24, 2.45) is 5.73 Å². The summed E-state index contributed by atoms with van der Waals surface area (Å²) < 4.78 is 83.2. The molecule has 0 radical (unpaired) electrons. The van der Waals surface area contributed by atoms with Gasteiger partial charge in [0, 0.05) is 0 Å². The molecule has 0 aromatic heterocycles. The third-order valence-corrected chi connectivity index (χ3v) is 2.60. The topological polar surface area (TPSA) is 44.5 Å². The zero-order chi connectivity index (χ0) is 16.3. The minimum absolute atomic E-state index is 0.0459. The van der Waals surface area contributed by atoms with Crippen LogP contribution in [0.3, 0.4) is 0 Å². The molecule has 0 aliphatic rings. The van der Waals surface area contributed by atoms with Crippen LogP contribution in [0, 0.1) is 5.82 Å². The standard InChI is InChI=1S/C12H13F6NO2/c1-20-10-3-2-7(4-8(10)13)9(19)5-21-6-11(14,15)12(16,17)18/h2-4,9H,5-6,19H2,1H3. The molecule has 1 aromatic carbocycles. The molecule has 1 unspecified atom stereocenters. The van der Waals surface area contributed by atoms with Crippen LogP contribution in [0.4, 0.5) is 26.3 Å². The lowest BCUT2D eigenvalue weighted by atomic mass is 10.1. The SMILES string of the molecule is COc1ccc(C(N)COCC(F)(F)C(F)(F)F)cc1F.